The van der Waals surface area contributed by atoms with Crippen LogP contribution in [0.25, 0.3) is 0 Å². The van der Waals surface area contributed by atoms with Crippen molar-refractivity contribution in [3.05, 3.63) is 52.8 Å². The molecule has 0 saturated heterocycles. The maximum atomic E-state index is 5.90. The molecule has 0 atom stereocenters. The van der Waals surface area contributed by atoms with Crippen LogP contribution in [0.5, 0.6) is 11.5 Å². The standard InChI is InChI=1S/C15H18N2O/c1-10-4-11(2)12(3)15(5-10)18-14-6-13(7-16)8-17-9-14/h4-6,8-9H,7,16H2,1-3H3. The predicted molar refractivity (Wildman–Crippen MR) is 72.9 cm³/mol. The normalized spacial score (nSPS) is 10.4. The number of nitrogens with two attached hydrogens (primary N) is 1. The molecule has 0 amide bonds. The fraction of sp³-hybridized carbons (Fsp3) is 0.267. The molecule has 0 aliphatic carbocycles. The minimum atomic E-state index is 0.468. The van der Waals surface area contributed by atoms with Gasteiger partial charge in [0.15, 0.2) is 0 Å². The van der Waals surface area contributed by atoms with E-state index in [0.717, 1.165) is 22.6 Å². The van der Waals surface area contributed by atoms with E-state index >= 15 is 0 Å². The number of benzene rings is 1. The first kappa shape index (κ1) is 12.6. The maximum Gasteiger partial charge on any atom is 0.146 e. The Morgan fingerprint density at radius 2 is 1.89 bits per heavy atom. The summed E-state index contributed by atoms with van der Waals surface area (Å²) in [6.45, 7) is 6.68. The second-order valence-electron chi connectivity index (χ2n) is 4.54. The SMILES string of the molecule is Cc1cc(C)c(C)c(Oc2cncc(CN)c2)c1. The fourth-order valence-electron chi connectivity index (χ4n) is 1.86. The van der Waals surface area contributed by atoms with E-state index in [1.807, 2.05) is 12.1 Å². The molecule has 0 bridgehead atoms. The topological polar surface area (TPSA) is 48.1 Å². The number of rotatable bonds is 3. The average molecular weight is 242 g/mol. The monoisotopic (exact) mass is 242 g/mol. The first-order chi connectivity index (χ1) is 8.60. The third kappa shape index (κ3) is 2.68. The van der Waals surface area contributed by atoms with Gasteiger partial charge in [0.1, 0.15) is 11.5 Å². The molecule has 2 rings (SSSR count). The summed E-state index contributed by atoms with van der Waals surface area (Å²) in [5.41, 5.74) is 10.1. The van der Waals surface area contributed by atoms with Gasteiger partial charge < -0.3 is 10.5 Å². The zero-order chi connectivity index (χ0) is 13.1. The zero-order valence-corrected chi connectivity index (χ0v) is 11.0. The van der Waals surface area contributed by atoms with Crippen molar-refractivity contribution in [3.8, 4) is 11.5 Å². The van der Waals surface area contributed by atoms with Crippen LogP contribution in [-0.2, 0) is 6.54 Å². The zero-order valence-electron chi connectivity index (χ0n) is 11.0. The molecule has 18 heavy (non-hydrogen) atoms. The van der Waals surface area contributed by atoms with Crippen LogP contribution in [0.4, 0.5) is 0 Å². The van der Waals surface area contributed by atoms with Gasteiger partial charge in [0.05, 0.1) is 6.20 Å². The van der Waals surface area contributed by atoms with Crippen molar-refractivity contribution in [1.82, 2.24) is 4.98 Å². The molecule has 0 aliphatic rings. The van der Waals surface area contributed by atoms with Crippen LogP contribution in [0.1, 0.15) is 22.3 Å². The molecule has 0 saturated carbocycles. The molecule has 3 nitrogen and oxygen atoms in total. The van der Waals surface area contributed by atoms with Crippen molar-refractivity contribution in [2.24, 2.45) is 5.73 Å². The Hall–Kier alpha value is -1.87. The maximum absolute atomic E-state index is 5.90. The Morgan fingerprint density at radius 1 is 1.11 bits per heavy atom. The molecular formula is C15H18N2O. The highest BCUT2D eigenvalue weighted by Gasteiger charge is 2.06. The molecule has 1 aromatic carbocycles. The van der Waals surface area contributed by atoms with Gasteiger partial charge in [-0.15, -0.1) is 0 Å². The summed E-state index contributed by atoms with van der Waals surface area (Å²) in [4.78, 5) is 4.12. The summed E-state index contributed by atoms with van der Waals surface area (Å²) < 4.78 is 5.90. The lowest BCUT2D eigenvalue weighted by atomic mass is 10.1. The fourth-order valence-corrected chi connectivity index (χ4v) is 1.86. The minimum absolute atomic E-state index is 0.468. The lowest BCUT2D eigenvalue weighted by Crippen LogP contribution is -1.98. The molecule has 0 aliphatic heterocycles. The second-order valence-corrected chi connectivity index (χ2v) is 4.54. The van der Waals surface area contributed by atoms with Gasteiger partial charge >= 0.3 is 0 Å². The molecule has 0 radical (unpaired) electrons. The quantitative estimate of drug-likeness (QED) is 0.898. The summed E-state index contributed by atoms with van der Waals surface area (Å²) in [6, 6.07) is 6.11. The van der Waals surface area contributed by atoms with Gasteiger partial charge in [0.25, 0.3) is 0 Å². The summed E-state index contributed by atoms with van der Waals surface area (Å²) in [6.07, 6.45) is 3.46. The summed E-state index contributed by atoms with van der Waals surface area (Å²) >= 11 is 0. The molecule has 0 spiro atoms. The van der Waals surface area contributed by atoms with Crippen LogP contribution in [0.15, 0.2) is 30.6 Å². The van der Waals surface area contributed by atoms with Crippen molar-refractivity contribution < 1.29 is 4.74 Å². The van der Waals surface area contributed by atoms with Crippen molar-refractivity contribution in [1.29, 1.82) is 0 Å². The van der Waals surface area contributed by atoms with Crippen molar-refractivity contribution in [3.63, 3.8) is 0 Å². The third-order valence-electron chi connectivity index (χ3n) is 3.00. The van der Waals surface area contributed by atoms with Gasteiger partial charge in [-0.3, -0.25) is 4.98 Å². The van der Waals surface area contributed by atoms with Crippen molar-refractivity contribution in [2.45, 2.75) is 27.3 Å². The van der Waals surface area contributed by atoms with Crippen molar-refractivity contribution in [2.75, 3.05) is 0 Å². The number of hydrogen-bond donors (Lipinski definition) is 1. The van der Waals surface area contributed by atoms with E-state index in [2.05, 4.69) is 31.8 Å². The van der Waals surface area contributed by atoms with E-state index < -0.39 is 0 Å². The molecule has 3 heteroatoms. The lowest BCUT2D eigenvalue weighted by Gasteiger charge is -2.12. The summed E-state index contributed by atoms with van der Waals surface area (Å²) in [5.74, 6) is 1.61. The van der Waals surface area contributed by atoms with Crippen LogP contribution >= 0.6 is 0 Å². The molecule has 0 unspecified atom stereocenters. The largest absolute Gasteiger partial charge is 0.455 e. The lowest BCUT2D eigenvalue weighted by molar-refractivity contribution is 0.475. The van der Waals surface area contributed by atoms with Gasteiger partial charge in [0, 0.05) is 12.7 Å². The van der Waals surface area contributed by atoms with E-state index in [0.29, 0.717) is 6.54 Å². The number of nitrogens with zero attached hydrogens (tertiary/aromatic N) is 1. The van der Waals surface area contributed by atoms with Crippen LogP contribution in [0, 0.1) is 20.8 Å². The predicted octanol–water partition coefficient (Wildman–Crippen LogP) is 3.26. The minimum Gasteiger partial charge on any atom is -0.455 e. The highest BCUT2D eigenvalue weighted by Crippen LogP contribution is 2.28. The molecule has 2 aromatic rings. The van der Waals surface area contributed by atoms with E-state index in [4.69, 9.17) is 10.5 Å². The number of aryl methyl sites for hydroxylation is 2. The highest BCUT2D eigenvalue weighted by molar-refractivity contribution is 5.44. The molecule has 94 valence electrons. The first-order valence-corrected chi connectivity index (χ1v) is 6.00. The van der Waals surface area contributed by atoms with E-state index in [1.54, 1.807) is 12.4 Å². The average Bonchev–Trinajstić information content (AvgIpc) is 2.35. The number of pyridine rings is 1. The molecule has 2 N–H and O–H groups in total. The Kier molecular flexibility index (Phi) is 3.63. The molecule has 1 heterocycles. The Labute approximate surface area is 108 Å². The van der Waals surface area contributed by atoms with E-state index in [-0.39, 0.29) is 0 Å². The van der Waals surface area contributed by atoms with Crippen LogP contribution in [0.2, 0.25) is 0 Å². The molecular weight excluding hydrogens is 224 g/mol. The smallest absolute Gasteiger partial charge is 0.146 e. The number of hydrogen-bond acceptors (Lipinski definition) is 3. The van der Waals surface area contributed by atoms with Crippen LogP contribution in [-0.4, -0.2) is 4.98 Å². The van der Waals surface area contributed by atoms with E-state index in [9.17, 15) is 0 Å². The van der Waals surface area contributed by atoms with Crippen LogP contribution < -0.4 is 10.5 Å². The molecule has 1 aromatic heterocycles. The van der Waals surface area contributed by atoms with Crippen molar-refractivity contribution >= 4 is 0 Å². The highest BCUT2D eigenvalue weighted by atomic mass is 16.5. The van der Waals surface area contributed by atoms with Gasteiger partial charge in [-0.2, -0.15) is 0 Å². The summed E-state index contributed by atoms with van der Waals surface area (Å²) in [5, 5.41) is 0. The van der Waals surface area contributed by atoms with Gasteiger partial charge in [-0.25, -0.2) is 0 Å². The number of aromatic nitrogens is 1. The van der Waals surface area contributed by atoms with Gasteiger partial charge in [0.2, 0.25) is 0 Å². The Morgan fingerprint density at radius 3 is 2.61 bits per heavy atom. The van der Waals surface area contributed by atoms with E-state index in [1.165, 1.54) is 11.1 Å². The number of ether oxygens (including phenoxy) is 1. The van der Waals surface area contributed by atoms with Crippen LogP contribution in [0.3, 0.4) is 0 Å². The first-order valence-electron chi connectivity index (χ1n) is 6.00. The molecule has 0 fully saturated rings. The van der Waals surface area contributed by atoms with Gasteiger partial charge in [-0.1, -0.05) is 6.07 Å². The van der Waals surface area contributed by atoms with Gasteiger partial charge in [-0.05, 0) is 55.2 Å². The Bertz CT molecular complexity index is 564. The Balaban J connectivity index is 2.33. The second kappa shape index (κ2) is 5.19. The third-order valence-corrected chi connectivity index (χ3v) is 3.00. The summed E-state index contributed by atoms with van der Waals surface area (Å²) in [7, 11) is 0.